The quantitative estimate of drug-likeness (QED) is 0.746. The minimum absolute atomic E-state index is 0.339. The smallest absolute Gasteiger partial charge is 0.175 e. The average molecular weight is 285 g/mol. The van der Waals surface area contributed by atoms with Gasteiger partial charge in [0.25, 0.3) is 0 Å². The van der Waals surface area contributed by atoms with Gasteiger partial charge in [-0.05, 0) is 36.6 Å². The predicted octanol–water partition coefficient (Wildman–Crippen LogP) is 2.56. The van der Waals surface area contributed by atoms with Crippen molar-refractivity contribution in [3.63, 3.8) is 0 Å². The van der Waals surface area contributed by atoms with Gasteiger partial charge in [-0.25, -0.2) is 8.42 Å². The third kappa shape index (κ3) is 6.59. The number of sulfone groups is 1. The highest BCUT2D eigenvalue weighted by atomic mass is 32.2. The van der Waals surface area contributed by atoms with Crippen LogP contribution in [0.3, 0.4) is 0 Å². The summed E-state index contributed by atoms with van der Waals surface area (Å²) in [5.41, 5.74) is 0.903. The summed E-state index contributed by atoms with van der Waals surface area (Å²) in [6.45, 7) is 6.50. The summed E-state index contributed by atoms with van der Waals surface area (Å²) in [4.78, 5) is 0.339. The van der Waals surface area contributed by atoms with Gasteiger partial charge < -0.3 is 10.1 Å². The van der Waals surface area contributed by atoms with E-state index >= 15 is 0 Å². The molecule has 108 valence electrons. The normalized spacial score (nSPS) is 11.8. The minimum atomic E-state index is -3.11. The molecule has 1 N–H and O–H groups in total. The zero-order chi connectivity index (χ0) is 14.3. The molecular weight excluding hydrogens is 262 g/mol. The molecule has 0 bridgehead atoms. The standard InChI is InChI=1S/C14H23NO3S/c1-12(2)8-10-18-11-9-15-13-4-6-14(7-5-13)19(3,16)17/h4-7,12,15H,8-11H2,1-3H3. The first-order valence-corrected chi connectivity index (χ1v) is 8.40. The molecule has 1 aromatic carbocycles. The Balaban J connectivity index is 2.27. The predicted molar refractivity (Wildman–Crippen MR) is 78.3 cm³/mol. The fourth-order valence-electron chi connectivity index (χ4n) is 1.51. The SMILES string of the molecule is CC(C)CCOCCNc1ccc(S(C)(=O)=O)cc1. The minimum Gasteiger partial charge on any atom is -0.383 e. The van der Waals surface area contributed by atoms with Crippen molar-refractivity contribution in [3.8, 4) is 0 Å². The van der Waals surface area contributed by atoms with Gasteiger partial charge in [0, 0.05) is 25.1 Å². The van der Waals surface area contributed by atoms with Crippen LogP contribution in [0, 0.1) is 5.92 Å². The van der Waals surface area contributed by atoms with Crippen LogP contribution in [0.15, 0.2) is 29.2 Å². The first-order chi connectivity index (χ1) is 8.89. The lowest BCUT2D eigenvalue weighted by molar-refractivity contribution is 0.132. The number of anilines is 1. The van der Waals surface area contributed by atoms with Crippen molar-refractivity contribution in [1.82, 2.24) is 0 Å². The molecule has 4 nitrogen and oxygen atoms in total. The molecule has 0 radical (unpaired) electrons. The van der Waals surface area contributed by atoms with Crippen LogP contribution >= 0.6 is 0 Å². The van der Waals surface area contributed by atoms with E-state index in [1.807, 2.05) is 0 Å². The number of rotatable bonds is 8. The van der Waals surface area contributed by atoms with Gasteiger partial charge in [-0.1, -0.05) is 13.8 Å². The molecule has 0 aliphatic heterocycles. The molecule has 0 amide bonds. The van der Waals surface area contributed by atoms with Crippen LogP contribution < -0.4 is 5.32 Å². The van der Waals surface area contributed by atoms with E-state index < -0.39 is 9.84 Å². The van der Waals surface area contributed by atoms with E-state index in [0.717, 1.165) is 25.3 Å². The molecule has 0 fully saturated rings. The summed E-state index contributed by atoms with van der Waals surface area (Å²) in [6.07, 6.45) is 2.28. The topological polar surface area (TPSA) is 55.4 Å². The van der Waals surface area contributed by atoms with Gasteiger partial charge in [0.05, 0.1) is 11.5 Å². The van der Waals surface area contributed by atoms with Gasteiger partial charge in [0.2, 0.25) is 0 Å². The molecule has 0 aliphatic carbocycles. The summed E-state index contributed by atoms with van der Waals surface area (Å²) < 4.78 is 28.1. The van der Waals surface area contributed by atoms with E-state index in [9.17, 15) is 8.42 Å². The Hall–Kier alpha value is -1.07. The number of nitrogens with one attached hydrogen (secondary N) is 1. The van der Waals surface area contributed by atoms with E-state index in [-0.39, 0.29) is 0 Å². The molecule has 0 spiro atoms. The Morgan fingerprint density at radius 3 is 2.32 bits per heavy atom. The van der Waals surface area contributed by atoms with Crippen LogP contribution in [0.2, 0.25) is 0 Å². The van der Waals surface area contributed by atoms with Crippen LogP contribution in [0.25, 0.3) is 0 Å². The Kier molecular flexibility index (Phi) is 6.31. The van der Waals surface area contributed by atoms with Crippen LogP contribution in [0.1, 0.15) is 20.3 Å². The third-order valence-electron chi connectivity index (χ3n) is 2.70. The summed E-state index contributed by atoms with van der Waals surface area (Å²) >= 11 is 0. The van der Waals surface area contributed by atoms with Crippen LogP contribution in [-0.4, -0.2) is 34.4 Å². The highest BCUT2D eigenvalue weighted by Gasteiger charge is 2.05. The van der Waals surface area contributed by atoms with Crippen LogP contribution in [0.4, 0.5) is 5.69 Å². The number of benzene rings is 1. The summed E-state index contributed by atoms with van der Waals surface area (Å²) in [6, 6.07) is 6.75. The Morgan fingerprint density at radius 2 is 1.79 bits per heavy atom. The van der Waals surface area contributed by atoms with Crippen molar-refractivity contribution in [2.24, 2.45) is 5.92 Å². The zero-order valence-corrected chi connectivity index (χ0v) is 12.7. The molecule has 1 aromatic rings. The van der Waals surface area contributed by atoms with Gasteiger partial charge >= 0.3 is 0 Å². The fourth-order valence-corrected chi connectivity index (χ4v) is 2.14. The van der Waals surface area contributed by atoms with E-state index in [4.69, 9.17) is 4.74 Å². The van der Waals surface area contributed by atoms with Gasteiger partial charge in [-0.15, -0.1) is 0 Å². The van der Waals surface area contributed by atoms with Crippen molar-refractivity contribution in [2.45, 2.75) is 25.2 Å². The maximum atomic E-state index is 11.3. The Labute approximate surface area is 116 Å². The molecular formula is C14H23NO3S. The maximum Gasteiger partial charge on any atom is 0.175 e. The van der Waals surface area contributed by atoms with E-state index in [1.54, 1.807) is 24.3 Å². The first kappa shape index (κ1) is 16.0. The molecule has 0 aromatic heterocycles. The van der Waals surface area contributed by atoms with Gasteiger partial charge in [-0.3, -0.25) is 0 Å². The monoisotopic (exact) mass is 285 g/mol. The second-order valence-electron chi connectivity index (χ2n) is 5.02. The van der Waals surface area contributed by atoms with Crippen LogP contribution in [0.5, 0.6) is 0 Å². The van der Waals surface area contributed by atoms with Gasteiger partial charge in [0.1, 0.15) is 0 Å². The van der Waals surface area contributed by atoms with Crippen molar-refractivity contribution in [1.29, 1.82) is 0 Å². The lowest BCUT2D eigenvalue weighted by Crippen LogP contribution is -2.10. The number of ether oxygens (including phenoxy) is 1. The Bertz CT molecular complexity index is 466. The molecule has 1 rings (SSSR count). The second-order valence-corrected chi connectivity index (χ2v) is 7.03. The lowest BCUT2D eigenvalue weighted by atomic mass is 10.1. The number of hydrogen-bond donors (Lipinski definition) is 1. The van der Waals surface area contributed by atoms with Gasteiger partial charge in [-0.2, -0.15) is 0 Å². The molecule has 0 saturated heterocycles. The molecule has 0 heterocycles. The van der Waals surface area contributed by atoms with E-state index in [2.05, 4.69) is 19.2 Å². The van der Waals surface area contributed by atoms with Crippen molar-refractivity contribution < 1.29 is 13.2 Å². The molecule has 0 saturated carbocycles. The van der Waals surface area contributed by atoms with Gasteiger partial charge in [0.15, 0.2) is 9.84 Å². The lowest BCUT2D eigenvalue weighted by Gasteiger charge is -2.09. The number of hydrogen-bond acceptors (Lipinski definition) is 4. The van der Waals surface area contributed by atoms with Crippen molar-refractivity contribution in [3.05, 3.63) is 24.3 Å². The largest absolute Gasteiger partial charge is 0.383 e. The first-order valence-electron chi connectivity index (χ1n) is 6.51. The zero-order valence-electron chi connectivity index (χ0n) is 11.8. The van der Waals surface area contributed by atoms with Crippen molar-refractivity contribution in [2.75, 3.05) is 31.3 Å². The van der Waals surface area contributed by atoms with E-state index in [1.165, 1.54) is 6.26 Å². The second kappa shape index (κ2) is 7.50. The summed E-state index contributed by atoms with van der Waals surface area (Å²) in [5, 5.41) is 3.19. The van der Waals surface area contributed by atoms with Crippen molar-refractivity contribution >= 4 is 15.5 Å². The molecule has 0 unspecified atom stereocenters. The average Bonchev–Trinajstić information content (AvgIpc) is 2.32. The molecule has 19 heavy (non-hydrogen) atoms. The maximum absolute atomic E-state index is 11.3. The molecule has 5 heteroatoms. The summed E-state index contributed by atoms with van der Waals surface area (Å²) in [5.74, 6) is 0.663. The molecule has 0 aliphatic rings. The van der Waals surface area contributed by atoms with E-state index in [0.29, 0.717) is 17.4 Å². The van der Waals surface area contributed by atoms with Crippen LogP contribution in [-0.2, 0) is 14.6 Å². The fraction of sp³-hybridized carbons (Fsp3) is 0.571. The highest BCUT2D eigenvalue weighted by molar-refractivity contribution is 7.90. The third-order valence-corrected chi connectivity index (χ3v) is 3.83. The Morgan fingerprint density at radius 1 is 1.16 bits per heavy atom. The summed E-state index contributed by atoms with van der Waals surface area (Å²) in [7, 11) is -3.11. The highest BCUT2D eigenvalue weighted by Crippen LogP contribution is 2.13. The molecule has 0 atom stereocenters.